The van der Waals surface area contributed by atoms with Crippen LogP contribution in [0.15, 0.2) is 45.3 Å². The van der Waals surface area contributed by atoms with Crippen LogP contribution in [0.25, 0.3) is 0 Å². The van der Waals surface area contributed by atoms with Crippen molar-refractivity contribution < 1.29 is 23.0 Å². The molecular weight excluding hydrogens is 493 g/mol. The summed E-state index contributed by atoms with van der Waals surface area (Å²) >= 11 is 6.79. The lowest BCUT2D eigenvalue weighted by Gasteiger charge is -2.36. The Balaban J connectivity index is 2.00. The van der Waals surface area contributed by atoms with E-state index in [2.05, 4.69) is 46.8 Å². The van der Waals surface area contributed by atoms with Gasteiger partial charge in [0.05, 0.1) is 10.5 Å². The smallest absolute Gasteiger partial charge is 0.506 e. The van der Waals surface area contributed by atoms with Crippen molar-refractivity contribution in [3.05, 3.63) is 56.5 Å². The fourth-order valence-electron chi connectivity index (χ4n) is 3.17. The normalized spacial score (nSPS) is 16.9. The number of alkyl halides is 3. The molecule has 4 nitrogen and oxygen atoms in total. The van der Waals surface area contributed by atoms with Gasteiger partial charge in [-0.05, 0) is 45.8 Å². The maximum Gasteiger partial charge on any atom is 0.573 e. The standard InChI is InChI=1S/C18H17Br2F3N2O2/c19-12-9-14(17(26)15(20)10-12)16(25-7-5-24-6-8-25)11-1-3-13(4-2-11)27-18(21,22)23/h1-4,9-10,16,24,26H,5-8H2/t16-/m0/s1. The molecule has 1 aliphatic heterocycles. The molecule has 0 aliphatic carbocycles. The Morgan fingerprint density at radius 2 is 1.70 bits per heavy atom. The predicted octanol–water partition coefficient (Wildman–Crippen LogP) is 4.81. The zero-order chi connectivity index (χ0) is 19.6. The summed E-state index contributed by atoms with van der Waals surface area (Å²) in [5, 5.41) is 13.9. The van der Waals surface area contributed by atoms with Gasteiger partial charge in [0, 0.05) is 36.2 Å². The van der Waals surface area contributed by atoms with Crippen LogP contribution in [-0.2, 0) is 0 Å². The third-order valence-corrected chi connectivity index (χ3v) is 5.36. The first-order valence-corrected chi connectivity index (χ1v) is 9.81. The van der Waals surface area contributed by atoms with E-state index in [4.69, 9.17) is 0 Å². The second-order valence-electron chi connectivity index (χ2n) is 6.13. The number of benzene rings is 2. The van der Waals surface area contributed by atoms with Crippen molar-refractivity contribution in [2.75, 3.05) is 26.2 Å². The minimum atomic E-state index is -4.73. The van der Waals surface area contributed by atoms with Gasteiger partial charge in [0.1, 0.15) is 11.5 Å². The van der Waals surface area contributed by atoms with Gasteiger partial charge < -0.3 is 15.2 Å². The second kappa shape index (κ2) is 8.38. The van der Waals surface area contributed by atoms with Crippen LogP contribution in [0, 0.1) is 0 Å². The highest BCUT2D eigenvalue weighted by molar-refractivity contribution is 9.11. The molecule has 0 radical (unpaired) electrons. The molecule has 0 aromatic heterocycles. The van der Waals surface area contributed by atoms with Crippen LogP contribution in [0.1, 0.15) is 17.2 Å². The lowest BCUT2D eigenvalue weighted by atomic mass is 9.95. The van der Waals surface area contributed by atoms with E-state index in [1.165, 1.54) is 12.1 Å². The van der Waals surface area contributed by atoms with E-state index in [1.54, 1.807) is 18.2 Å². The molecule has 1 fully saturated rings. The molecular formula is C18H17Br2F3N2O2. The number of phenols is 1. The largest absolute Gasteiger partial charge is 0.573 e. The minimum Gasteiger partial charge on any atom is -0.506 e. The first-order valence-electron chi connectivity index (χ1n) is 8.23. The number of nitrogens with zero attached hydrogens (tertiary/aromatic N) is 1. The lowest BCUT2D eigenvalue weighted by molar-refractivity contribution is -0.274. The predicted molar refractivity (Wildman–Crippen MR) is 103 cm³/mol. The molecule has 0 unspecified atom stereocenters. The molecule has 0 amide bonds. The molecule has 2 aromatic carbocycles. The van der Waals surface area contributed by atoms with Crippen LogP contribution < -0.4 is 10.1 Å². The minimum absolute atomic E-state index is 0.109. The van der Waals surface area contributed by atoms with Crippen LogP contribution in [0.5, 0.6) is 11.5 Å². The Hall–Kier alpha value is -1.29. The maximum atomic E-state index is 12.4. The molecule has 146 valence electrons. The molecule has 1 aliphatic rings. The second-order valence-corrected chi connectivity index (χ2v) is 7.90. The number of halogens is 5. The number of hydrogen-bond acceptors (Lipinski definition) is 4. The summed E-state index contributed by atoms with van der Waals surface area (Å²) in [6.07, 6.45) is -4.73. The molecule has 2 aromatic rings. The van der Waals surface area contributed by atoms with E-state index in [0.29, 0.717) is 10.0 Å². The van der Waals surface area contributed by atoms with Crippen molar-refractivity contribution in [3.8, 4) is 11.5 Å². The summed E-state index contributed by atoms with van der Waals surface area (Å²) < 4.78 is 42.5. The van der Waals surface area contributed by atoms with E-state index < -0.39 is 6.36 Å². The van der Waals surface area contributed by atoms with E-state index in [1.807, 2.05) is 6.07 Å². The quantitative estimate of drug-likeness (QED) is 0.620. The van der Waals surface area contributed by atoms with Crippen LogP contribution in [0.2, 0.25) is 0 Å². The molecule has 0 spiro atoms. The Bertz CT molecular complexity index is 794. The first-order chi connectivity index (χ1) is 12.7. The lowest BCUT2D eigenvalue weighted by Crippen LogP contribution is -2.45. The molecule has 0 bridgehead atoms. The number of rotatable bonds is 4. The number of piperazine rings is 1. The van der Waals surface area contributed by atoms with E-state index >= 15 is 0 Å². The maximum absolute atomic E-state index is 12.4. The number of hydrogen-bond donors (Lipinski definition) is 2. The van der Waals surface area contributed by atoms with Crippen LogP contribution >= 0.6 is 31.9 Å². The van der Waals surface area contributed by atoms with Gasteiger partial charge >= 0.3 is 6.36 Å². The molecule has 2 N–H and O–H groups in total. The third kappa shape index (κ3) is 5.16. The van der Waals surface area contributed by atoms with Gasteiger partial charge in [0.25, 0.3) is 0 Å². The van der Waals surface area contributed by atoms with Crippen molar-refractivity contribution in [1.82, 2.24) is 10.2 Å². The van der Waals surface area contributed by atoms with Crippen LogP contribution in [0.4, 0.5) is 13.2 Å². The van der Waals surface area contributed by atoms with Crippen molar-refractivity contribution in [3.63, 3.8) is 0 Å². The van der Waals surface area contributed by atoms with Gasteiger partial charge in [-0.3, -0.25) is 4.90 Å². The summed E-state index contributed by atoms with van der Waals surface area (Å²) in [5.74, 6) is -0.165. The molecule has 0 saturated carbocycles. The fraction of sp³-hybridized carbons (Fsp3) is 0.333. The average molecular weight is 510 g/mol. The van der Waals surface area contributed by atoms with Gasteiger partial charge in [-0.2, -0.15) is 0 Å². The van der Waals surface area contributed by atoms with Gasteiger partial charge in [-0.15, -0.1) is 13.2 Å². The van der Waals surface area contributed by atoms with Crippen molar-refractivity contribution in [2.45, 2.75) is 12.4 Å². The Morgan fingerprint density at radius 3 is 2.30 bits per heavy atom. The summed E-state index contributed by atoms with van der Waals surface area (Å²) in [5.41, 5.74) is 1.44. The molecule has 1 heterocycles. The zero-order valence-corrected chi connectivity index (χ0v) is 17.2. The topological polar surface area (TPSA) is 44.7 Å². The number of nitrogens with one attached hydrogen (secondary N) is 1. The van der Waals surface area contributed by atoms with Gasteiger partial charge in [-0.25, -0.2) is 0 Å². The Kier molecular flexibility index (Phi) is 6.35. The molecule has 3 rings (SSSR count). The number of ether oxygens (including phenoxy) is 1. The number of aromatic hydroxyl groups is 1. The highest BCUT2D eigenvalue weighted by atomic mass is 79.9. The first kappa shape index (κ1) is 20.4. The van der Waals surface area contributed by atoms with E-state index in [0.717, 1.165) is 36.2 Å². The van der Waals surface area contributed by atoms with Crippen molar-refractivity contribution in [2.24, 2.45) is 0 Å². The summed E-state index contributed by atoms with van der Waals surface area (Å²) in [4.78, 5) is 2.18. The zero-order valence-electron chi connectivity index (χ0n) is 14.1. The Morgan fingerprint density at radius 1 is 1.07 bits per heavy atom. The van der Waals surface area contributed by atoms with Gasteiger partial charge in [0.15, 0.2) is 0 Å². The van der Waals surface area contributed by atoms with Crippen molar-refractivity contribution in [1.29, 1.82) is 0 Å². The third-order valence-electron chi connectivity index (χ3n) is 4.30. The highest BCUT2D eigenvalue weighted by Crippen LogP contribution is 2.41. The monoisotopic (exact) mass is 508 g/mol. The van der Waals surface area contributed by atoms with Gasteiger partial charge in [-0.1, -0.05) is 28.1 Å². The molecule has 1 atom stereocenters. The van der Waals surface area contributed by atoms with E-state index in [9.17, 15) is 18.3 Å². The summed E-state index contributed by atoms with van der Waals surface area (Å²) in [6, 6.07) is 9.05. The molecule has 27 heavy (non-hydrogen) atoms. The number of phenolic OH excluding ortho intramolecular Hbond substituents is 1. The fourth-order valence-corrected chi connectivity index (χ4v) is 4.43. The Labute approximate surface area is 171 Å². The summed E-state index contributed by atoms with van der Waals surface area (Å²) in [6.45, 7) is 3.08. The molecule has 9 heteroatoms. The van der Waals surface area contributed by atoms with Crippen molar-refractivity contribution >= 4 is 31.9 Å². The highest BCUT2D eigenvalue weighted by Gasteiger charge is 2.32. The summed E-state index contributed by atoms with van der Waals surface area (Å²) in [7, 11) is 0. The van der Waals surface area contributed by atoms with Crippen LogP contribution in [-0.4, -0.2) is 42.5 Å². The van der Waals surface area contributed by atoms with E-state index in [-0.39, 0.29) is 17.5 Å². The average Bonchev–Trinajstić information content (AvgIpc) is 2.60. The SMILES string of the molecule is Oc1c(Br)cc(Br)cc1[C@H](c1ccc(OC(F)(F)F)cc1)N1CCNCC1. The van der Waals surface area contributed by atoms with Crippen LogP contribution in [0.3, 0.4) is 0 Å². The van der Waals surface area contributed by atoms with Gasteiger partial charge in [0.2, 0.25) is 0 Å². The molecule has 1 saturated heterocycles.